The summed E-state index contributed by atoms with van der Waals surface area (Å²) in [4.78, 5) is 2.67. The van der Waals surface area contributed by atoms with Crippen LogP contribution in [0.15, 0.2) is 108 Å². The number of hydrogen-bond acceptors (Lipinski definition) is 1. The largest absolute Gasteiger partial charge is 0.344 e. The first kappa shape index (κ1) is 30.6. The van der Waals surface area contributed by atoms with Crippen molar-refractivity contribution in [2.75, 3.05) is 18.0 Å². The summed E-state index contributed by atoms with van der Waals surface area (Å²) in [6.45, 7) is 18.8. The summed E-state index contributed by atoms with van der Waals surface area (Å²) >= 11 is 0. The SMILES string of the molecule is CC(C)CCN1C(=CC2=CC(=CC3=[N+](CCC(C)C)c4ccccc4C3(C)C)CC2)C(C)(CC2C=CC=C2)c2ccccc21. The van der Waals surface area contributed by atoms with Crippen molar-refractivity contribution < 1.29 is 4.58 Å². The Morgan fingerprint density at radius 1 is 0.841 bits per heavy atom. The fraction of sp³-hybridized carbons (Fsp3) is 0.452. The van der Waals surface area contributed by atoms with Crippen LogP contribution in [0.1, 0.15) is 91.7 Å². The molecule has 0 radical (unpaired) electrons. The van der Waals surface area contributed by atoms with E-state index in [1.54, 1.807) is 0 Å². The third-order valence-corrected chi connectivity index (χ3v) is 10.5. The van der Waals surface area contributed by atoms with Gasteiger partial charge in [0.2, 0.25) is 5.69 Å². The predicted octanol–water partition coefficient (Wildman–Crippen LogP) is 10.6. The molecule has 1 atom stereocenters. The molecule has 2 nitrogen and oxygen atoms in total. The number of benzene rings is 2. The Balaban J connectivity index is 1.39. The van der Waals surface area contributed by atoms with E-state index in [1.807, 2.05) is 0 Å². The molecule has 0 bridgehead atoms. The number of rotatable bonds is 10. The van der Waals surface area contributed by atoms with E-state index in [0.29, 0.717) is 17.8 Å². The first-order valence-corrected chi connectivity index (χ1v) is 17.2. The van der Waals surface area contributed by atoms with Gasteiger partial charge in [0.1, 0.15) is 6.54 Å². The van der Waals surface area contributed by atoms with Crippen LogP contribution in [0, 0.1) is 17.8 Å². The summed E-state index contributed by atoms with van der Waals surface area (Å²) in [7, 11) is 0. The summed E-state index contributed by atoms with van der Waals surface area (Å²) in [5.41, 5.74) is 11.6. The minimum Gasteiger partial charge on any atom is -0.344 e. The standard InChI is InChI=1S/C42H53N2/c1-30(2)22-24-43-37-18-12-10-16-35(37)41(5,6)39(43)27-33-20-21-34(26-33)28-40-42(7,29-32-14-8-9-15-32)36-17-11-13-19-38(36)44(40)25-23-31(3)4/h8-19,26-28,30-32H,20-25,29H2,1-7H3/q+1. The molecule has 0 aromatic heterocycles. The zero-order valence-electron chi connectivity index (χ0n) is 28.2. The summed E-state index contributed by atoms with van der Waals surface area (Å²) in [6, 6.07) is 18.3. The third-order valence-electron chi connectivity index (χ3n) is 10.5. The molecule has 2 aromatic carbocycles. The van der Waals surface area contributed by atoms with Crippen molar-refractivity contribution in [1.82, 2.24) is 0 Å². The quantitative estimate of drug-likeness (QED) is 0.251. The van der Waals surface area contributed by atoms with Crippen molar-refractivity contribution in [3.63, 3.8) is 0 Å². The Bertz CT molecular complexity index is 1570. The minimum absolute atomic E-state index is 0.00272. The topological polar surface area (TPSA) is 6.25 Å². The van der Waals surface area contributed by atoms with Gasteiger partial charge in [-0.15, -0.1) is 0 Å². The van der Waals surface area contributed by atoms with Gasteiger partial charge in [-0.3, -0.25) is 0 Å². The average molecular weight is 586 g/mol. The molecule has 1 unspecified atom stereocenters. The Kier molecular flexibility index (Phi) is 8.48. The molecule has 0 spiro atoms. The zero-order valence-corrected chi connectivity index (χ0v) is 28.2. The maximum atomic E-state index is 2.67. The monoisotopic (exact) mass is 585 g/mol. The highest BCUT2D eigenvalue weighted by molar-refractivity contribution is 6.03. The zero-order chi connectivity index (χ0) is 31.1. The Hall–Kier alpha value is -3.39. The minimum atomic E-state index is -0.0257. The number of nitrogens with zero attached hydrogens (tertiary/aromatic N) is 2. The Morgan fingerprint density at radius 3 is 2.25 bits per heavy atom. The van der Waals surface area contributed by atoms with E-state index in [4.69, 9.17) is 0 Å². The van der Waals surface area contributed by atoms with Crippen LogP contribution in [0.25, 0.3) is 0 Å². The highest BCUT2D eigenvalue weighted by Crippen LogP contribution is 2.52. The van der Waals surface area contributed by atoms with E-state index in [-0.39, 0.29) is 10.8 Å². The van der Waals surface area contributed by atoms with E-state index < -0.39 is 0 Å². The van der Waals surface area contributed by atoms with Crippen LogP contribution in [0.4, 0.5) is 11.4 Å². The molecule has 4 aliphatic rings. The normalized spacial score (nSPS) is 24.1. The van der Waals surface area contributed by atoms with Crippen molar-refractivity contribution in [1.29, 1.82) is 0 Å². The fourth-order valence-corrected chi connectivity index (χ4v) is 7.89. The van der Waals surface area contributed by atoms with Crippen molar-refractivity contribution in [3.8, 4) is 0 Å². The van der Waals surface area contributed by atoms with E-state index in [1.165, 1.54) is 57.9 Å². The second kappa shape index (κ2) is 12.2. The van der Waals surface area contributed by atoms with Crippen LogP contribution in [0.5, 0.6) is 0 Å². The lowest BCUT2D eigenvalue weighted by Crippen LogP contribution is -2.31. The maximum Gasteiger partial charge on any atom is 0.209 e. The molecule has 44 heavy (non-hydrogen) atoms. The summed E-state index contributed by atoms with van der Waals surface area (Å²) in [5, 5.41) is 0. The highest BCUT2D eigenvalue weighted by atomic mass is 15.2. The van der Waals surface area contributed by atoms with E-state index in [2.05, 4.69) is 149 Å². The van der Waals surface area contributed by atoms with Gasteiger partial charge in [-0.25, -0.2) is 0 Å². The molecule has 2 aliphatic heterocycles. The number of allylic oxidation sites excluding steroid dienone is 10. The average Bonchev–Trinajstić information content (AvgIpc) is 3.75. The highest BCUT2D eigenvalue weighted by Gasteiger charge is 2.46. The molecule has 0 amide bonds. The van der Waals surface area contributed by atoms with Gasteiger partial charge in [0.15, 0.2) is 5.71 Å². The lowest BCUT2D eigenvalue weighted by Gasteiger charge is -2.32. The molecule has 2 aromatic rings. The maximum absolute atomic E-state index is 2.67. The lowest BCUT2D eigenvalue weighted by molar-refractivity contribution is -0.439. The van der Waals surface area contributed by atoms with Crippen LogP contribution >= 0.6 is 0 Å². The first-order valence-electron chi connectivity index (χ1n) is 17.2. The van der Waals surface area contributed by atoms with Crippen LogP contribution in [0.3, 0.4) is 0 Å². The van der Waals surface area contributed by atoms with Gasteiger partial charge < -0.3 is 4.90 Å². The molecule has 2 aliphatic carbocycles. The van der Waals surface area contributed by atoms with Gasteiger partial charge in [-0.2, -0.15) is 4.58 Å². The van der Waals surface area contributed by atoms with E-state index in [0.717, 1.165) is 32.4 Å². The second-order valence-corrected chi connectivity index (χ2v) is 15.2. The van der Waals surface area contributed by atoms with Crippen LogP contribution in [-0.4, -0.2) is 23.4 Å². The molecule has 0 saturated carbocycles. The van der Waals surface area contributed by atoms with Crippen molar-refractivity contribution in [2.45, 2.75) is 91.4 Å². The smallest absolute Gasteiger partial charge is 0.209 e. The molecule has 2 heterocycles. The molecule has 0 fully saturated rings. The predicted molar refractivity (Wildman–Crippen MR) is 189 cm³/mol. The molecule has 0 saturated heterocycles. The van der Waals surface area contributed by atoms with Crippen molar-refractivity contribution in [3.05, 3.63) is 119 Å². The van der Waals surface area contributed by atoms with Gasteiger partial charge in [0.05, 0.1) is 5.41 Å². The Morgan fingerprint density at radius 2 is 1.52 bits per heavy atom. The van der Waals surface area contributed by atoms with Gasteiger partial charge in [0.25, 0.3) is 0 Å². The van der Waals surface area contributed by atoms with Gasteiger partial charge in [-0.05, 0) is 93.1 Å². The number of fused-ring (bicyclic) bond motifs is 2. The molecule has 230 valence electrons. The summed E-state index contributed by atoms with van der Waals surface area (Å²) in [5.74, 6) is 1.84. The van der Waals surface area contributed by atoms with Gasteiger partial charge in [-0.1, -0.05) is 94.5 Å². The van der Waals surface area contributed by atoms with Crippen LogP contribution < -0.4 is 4.90 Å². The third kappa shape index (κ3) is 5.73. The molecule has 6 rings (SSSR count). The number of para-hydroxylation sites is 2. The van der Waals surface area contributed by atoms with Crippen molar-refractivity contribution >= 4 is 17.1 Å². The van der Waals surface area contributed by atoms with Crippen molar-refractivity contribution in [2.24, 2.45) is 17.8 Å². The first-order chi connectivity index (χ1) is 21.1. The number of anilines is 1. The fourth-order valence-electron chi connectivity index (χ4n) is 7.89. The molecular weight excluding hydrogens is 532 g/mol. The van der Waals surface area contributed by atoms with Gasteiger partial charge >= 0.3 is 0 Å². The lowest BCUT2D eigenvalue weighted by atomic mass is 9.74. The van der Waals surface area contributed by atoms with Crippen LogP contribution in [-0.2, 0) is 10.8 Å². The Labute approximate surface area is 267 Å². The molecular formula is C42H53N2+. The van der Waals surface area contributed by atoms with Gasteiger partial charge in [0, 0.05) is 47.5 Å². The summed E-state index contributed by atoms with van der Waals surface area (Å²) < 4.78 is 2.62. The van der Waals surface area contributed by atoms with E-state index >= 15 is 0 Å². The van der Waals surface area contributed by atoms with E-state index in [9.17, 15) is 0 Å². The molecule has 2 heteroatoms. The number of hydrogen-bond donors (Lipinski definition) is 0. The summed E-state index contributed by atoms with van der Waals surface area (Å²) in [6.07, 6.45) is 22.5. The molecule has 0 N–H and O–H groups in total. The van der Waals surface area contributed by atoms with Crippen LogP contribution in [0.2, 0.25) is 0 Å². The second-order valence-electron chi connectivity index (χ2n) is 15.2.